The van der Waals surface area contributed by atoms with E-state index < -0.39 is 0 Å². The molecule has 0 saturated carbocycles. The van der Waals surface area contributed by atoms with Gasteiger partial charge in [-0.25, -0.2) is 4.98 Å². The molecule has 0 bridgehead atoms. The number of hydrogen-bond acceptors (Lipinski definition) is 4. The predicted octanol–water partition coefficient (Wildman–Crippen LogP) is 2.48. The molecule has 0 radical (unpaired) electrons. The summed E-state index contributed by atoms with van der Waals surface area (Å²) in [5.74, 6) is 0.866. The molecule has 0 aromatic carbocycles. The average molecular weight is 287 g/mol. The molecule has 0 amide bonds. The van der Waals surface area contributed by atoms with Gasteiger partial charge in [-0.1, -0.05) is 0 Å². The lowest BCUT2D eigenvalue weighted by molar-refractivity contribution is 0.551. The van der Waals surface area contributed by atoms with Crippen molar-refractivity contribution >= 4 is 27.3 Å². The third-order valence-electron chi connectivity index (χ3n) is 2.05. The van der Waals surface area contributed by atoms with Crippen molar-refractivity contribution in [3.05, 3.63) is 32.9 Å². The maximum atomic E-state index is 4.10. The van der Waals surface area contributed by atoms with Crippen LogP contribution in [0.3, 0.4) is 0 Å². The highest BCUT2D eigenvalue weighted by Crippen LogP contribution is 2.20. The van der Waals surface area contributed by atoms with Crippen molar-refractivity contribution in [2.24, 2.45) is 0 Å². The van der Waals surface area contributed by atoms with Crippen LogP contribution in [0.15, 0.2) is 22.2 Å². The summed E-state index contributed by atoms with van der Waals surface area (Å²) in [7, 11) is 0. The Morgan fingerprint density at radius 1 is 1.67 bits per heavy atom. The van der Waals surface area contributed by atoms with Crippen LogP contribution in [0.4, 0.5) is 0 Å². The Bertz CT molecular complexity index is 411. The van der Waals surface area contributed by atoms with Gasteiger partial charge in [-0.2, -0.15) is 5.10 Å². The molecule has 0 aliphatic heterocycles. The number of rotatable bonds is 4. The zero-order chi connectivity index (χ0) is 10.7. The van der Waals surface area contributed by atoms with Crippen molar-refractivity contribution in [3.8, 4) is 0 Å². The number of aromatic nitrogens is 3. The smallest absolute Gasteiger partial charge is 0.141 e. The van der Waals surface area contributed by atoms with Gasteiger partial charge in [0.15, 0.2) is 0 Å². The molecule has 2 rings (SSSR count). The molecule has 15 heavy (non-hydrogen) atoms. The maximum Gasteiger partial charge on any atom is 0.141 e. The lowest BCUT2D eigenvalue weighted by atomic mass is 10.3. The van der Waals surface area contributed by atoms with Crippen molar-refractivity contribution in [2.45, 2.75) is 19.5 Å². The van der Waals surface area contributed by atoms with Crippen LogP contribution in [0, 0.1) is 0 Å². The highest BCUT2D eigenvalue weighted by atomic mass is 79.9. The molecule has 0 aliphatic carbocycles. The Labute approximate surface area is 100 Å². The summed E-state index contributed by atoms with van der Waals surface area (Å²) in [4.78, 5) is 5.40. The Balaban J connectivity index is 1.88. The molecule has 2 N–H and O–H groups in total. The largest absolute Gasteiger partial charge is 0.303 e. The molecule has 4 nitrogen and oxygen atoms in total. The SMILES string of the molecule is CC(NCc1cc(Br)cs1)c1ncn[nH]1. The first-order valence-corrected chi connectivity index (χ1v) is 6.24. The molecule has 0 spiro atoms. The minimum atomic E-state index is 0.188. The monoisotopic (exact) mass is 286 g/mol. The van der Waals surface area contributed by atoms with Crippen molar-refractivity contribution in [1.29, 1.82) is 0 Å². The van der Waals surface area contributed by atoms with E-state index in [0.717, 1.165) is 16.8 Å². The van der Waals surface area contributed by atoms with Crippen LogP contribution in [0.5, 0.6) is 0 Å². The third-order valence-corrected chi connectivity index (χ3v) is 3.75. The van der Waals surface area contributed by atoms with Gasteiger partial charge in [0, 0.05) is 21.3 Å². The van der Waals surface area contributed by atoms with E-state index in [9.17, 15) is 0 Å². The van der Waals surface area contributed by atoms with Crippen LogP contribution >= 0.6 is 27.3 Å². The number of thiophene rings is 1. The molecule has 0 aliphatic rings. The van der Waals surface area contributed by atoms with Gasteiger partial charge in [0.1, 0.15) is 12.2 Å². The molecule has 80 valence electrons. The molecule has 2 heterocycles. The summed E-state index contributed by atoms with van der Waals surface area (Å²) >= 11 is 5.17. The fraction of sp³-hybridized carbons (Fsp3) is 0.333. The summed E-state index contributed by atoms with van der Waals surface area (Å²) < 4.78 is 1.14. The minimum absolute atomic E-state index is 0.188. The first-order valence-electron chi connectivity index (χ1n) is 4.57. The van der Waals surface area contributed by atoms with E-state index in [0.29, 0.717) is 0 Å². The number of aromatic amines is 1. The van der Waals surface area contributed by atoms with Gasteiger partial charge >= 0.3 is 0 Å². The molecular weight excluding hydrogens is 276 g/mol. The second kappa shape index (κ2) is 4.87. The fourth-order valence-corrected chi connectivity index (χ4v) is 2.62. The summed E-state index contributed by atoms with van der Waals surface area (Å²) in [6.07, 6.45) is 1.52. The number of nitrogens with zero attached hydrogens (tertiary/aromatic N) is 2. The third kappa shape index (κ3) is 2.87. The normalized spacial score (nSPS) is 12.9. The van der Waals surface area contributed by atoms with E-state index in [1.165, 1.54) is 11.2 Å². The van der Waals surface area contributed by atoms with Gasteiger partial charge in [0.05, 0.1) is 6.04 Å². The van der Waals surface area contributed by atoms with Gasteiger partial charge < -0.3 is 5.32 Å². The van der Waals surface area contributed by atoms with Crippen molar-refractivity contribution < 1.29 is 0 Å². The van der Waals surface area contributed by atoms with E-state index in [-0.39, 0.29) is 6.04 Å². The van der Waals surface area contributed by atoms with Crippen molar-refractivity contribution in [3.63, 3.8) is 0 Å². The van der Waals surface area contributed by atoms with Crippen LogP contribution in [0.1, 0.15) is 23.7 Å². The summed E-state index contributed by atoms with van der Waals surface area (Å²) in [6, 6.07) is 2.30. The van der Waals surface area contributed by atoms with Crippen LogP contribution in [-0.2, 0) is 6.54 Å². The standard InChI is InChI=1S/C9H11BrN4S/c1-6(9-12-5-13-14-9)11-3-8-2-7(10)4-15-8/h2,4-6,11H,3H2,1H3,(H,12,13,14). The minimum Gasteiger partial charge on any atom is -0.303 e. The van der Waals surface area contributed by atoms with Gasteiger partial charge in [0.2, 0.25) is 0 Å². The highest BCUT2D eigenvalue weighted by Gasteiger charge is 2.07. The van der Waals surface area contributed by atoms with Crippen LogP contribution < -0.4 is 5.32 Å². The van der Waals surface area contributed by atoms with E-state index in [2.05, 4.69) is 54.8 Å². The number of nitrogens with one attached hydrogen (secondary N) is 2. The van der Waals surface area contributed by atoms with Crippen molar-refractivity contribution in [2.75, 3.05) is 0 Å². The van der Waals surface area contributed by atoms with Crippen LogP contribution in [-0.4, -0.2) is 15.2 Å². The fourth-order valence-electron chi connectivity index (χ4n) is 1.22. The zero-order valence-corrected chi connectivity index (χ0v) is 10.6. The Hall–Kier alpha value is -0.720. The molecule has 1 atom stereocenters. The maximum absolute atomic E-state index is 4.10. The topological polar surface area (TPSA) is 53.6 Å². The van der Waals surface area contributed by atoms with Gasteiger partial charge in [0.25, 0.3) is 0 Å². The van der Waals surface area contributed by atoms with Gasteiger partial charge in [-0.3, -0.25) is 5.10 Å². The lowest BCUT2D eigenvalue weighted by Gasteiger charge is -2.09. The first kappa shape index (κ1) is 10.8. The molecule has 1 unspecified atom stereocenters. The predicted molar refractivity (Wildman–Crippen MR) is 63.7 cm³/mol. The summed E-state index contributed by atoms with van der Waals surface area (Å²) in [5, 5.41) is 12.1. The van der Waals surface area contributed by atoms with E-state index in [1.807, 2.05) is 0 Å². The molecule has 6 heteroatoms. The van der Waals surface area contributed by atoms with Crippen molar-refractivity contribution in [1.82, 2.24) is 20.5 Å². The first-order chi connectivity index (χ1) is 7.25. The Morgan fingerprint density at radius 3 is 3.13 bits per heavy atom. The highest BCUT2D eigenvalue weighted by molar-refractivity contribution is 9.10. The zero-order valence-electron chi connectivity index (χ0n) is 8.20. The van der Waals surface area contributed by atoms with E-state index in [1.54, 1.807) is 11.3 Å². The summed E-state index contributed by atoms with van der Waals surface area (Å²) in [5.41, 5.74) is 0. The quantitative estimate of drug-likeness (QED) is 0.908. The molecule has 0 fully saturated rings. The molecular formula is C9H11BrN4S. The average Bonchev–Trinajstić information content (AvgIpc) is 2.84. The molecule has 0 saturated heterocycles. The number of halogens is 1. The van der Waals surface area contributed by atoms with Gasteiger partial charge in [-0.05, 0) is 28.9 Å². The second-order valence-corrected chi connectivity index (χ2v) is 5.12. The van der Waals surface area contributed by atoms with Crippen LogP contribution in [0.25, 0.3) is 0 Å². The summed E-state index contributed by atoms with van der Waals surface area (Å²) in [6.45, 7) is 2.90. The molecule has 2 aromatic heterocycles. The van der Waals surface area contributed by atoms with Crippen LogP contribution in [0.2, 0.25) is 0 Å². The second-order valence-electron chi connectivity index (χ2n) is 3.20. The molecule has 2 aromatic rings. The van der Waals surface area contributed by atoms with E-state index >= 15 is 0 Å². The Kier molecular flexibility index (Phi) is 3.50. The van der Waals surface area contributed by atoms with E-state index in [4.69, 9.17) is 0 Å². The number of hydrogen-bond donors (Lipinski definition) is 2. The van der Waals surface area contributed by atoms with Gasteiger partial charge in [-0.15, -0.1) is 11.3 Å². The Morgan fingerprint density at radius 2 is 2.53 bits per heavy atom. The lowest BCUT2D eigenvalue weighted by Crippen LogP contribution is -2.18. The number of H-pyrrole nitrogens is 1.